The zero-order valence-electron chi connectivity index (χ0n) is 11.9. The molecule has 1 N–H and O–H groups in total. The van der Waals surface area contributed by atoms with E-state index in [0.717, 1.165) is 4.68 Å². The Kier molecular flexibility index (Phi) is 5.25. The van der Waals surface area contributed by atoms with Gasteiger partial charge in [0.25, 0.3) is 5.91 Å². The van der Waals surface area contributed by atoms with Gasteiger partial charge in [-0.15, -0.1) is 5.10 Å². The van der Waals surface area contributed by atoms with Gasteiger partial charge in [0.15, 0.2) is 11.5 Å². The van der Waals surface area contributed by atoms with Gasteiger partial charge in [-0.25, -0.2) is 9.07 Å². The van der Waals surface area contributed by atoms with Crippen LogP contribution in [0.4, 0.5) is 4.39 Å². The zero-order chi connectivity index (χ0) is 16.3. The average Bonchev–Trinajstić information content (AvgIpc) is 2.96. The summed E-state index contributed by atoms with van der Waals surface area (Å²) >= 11 is 5.70. The lowest BCUT2D eigenvalue weighted by Crippen LogP contribution is -2.32. The first kappa shape index (κ1) is 16.6. The summed E-state index contributed by atoms with van der Waals surface area (Å²) in [5.41, 5.74) is 0.135. The number of carbonyl (C=O) groups is 1. The molecule has 22 heavy (non-hydrogen) atoms. The van der Waals surface area contributed by atoms with Crippen molar-refractivity contribution in [1.29, 1.82) is 0 Å². The number of hydrogen-bond donors (Lipinski definition) is 1. The van der Waals surface area contributed by atoms with Crippen LogP contribution in [0.5, 0.6) is 0 Å². The molecule has 0 unspecified atom stereocenters. The van der Waals surface area contributed by atoms with E-state index in [1.165, 1.54) is 18.3 Å². The van der Waals surface area contributed by atoms with Gasteiger partial charge in [0.2, 0.25) is 0 Å². The van der Waals surface area contributed by atoms with E-state index in [-0.39, 0.29) is 28.2 Å². The fraction of sp³-hybridized carbons (Fsp3) is 0.308. The monoisotopic (exact) mass is 344 g/mol. The summed E-state index contributed by atoms with van der Waals surface area (Å²) in [4.78, 5) is 11.9. The Morgan fingerprint density at radius 3 is 2.95 bits per heavy atom. The van der Waals surface area contributed by atoms with E-state index in [4.69, 9.17) is 11.6 Å². The van der Waals surface area contributed by atoms with Crippen molar-refractivity contribution in [3.63, 3.8) is 0 Å². The molecule has 9 heteroatoms. The fourth-order valence-corrected chi connectivity index (χ4v) is 2.09. The second kappa shape index (κ2) is 6.97. The molecular weight excluding hydrogens is 331 g/mol. The van der Waals surface area contributed by atoms with Gasteiger partial charge in [0.1, 0.15) is 5.69 Å². The van der Waals surface area contributed by atoms with E-state index in [1.807, 2.05) is 0 Å². The predicted octanol–water partition coefficient (Wildman–Crippen LogP) is 1.56. The topological polar surface area (TPSA) is 76.9 Å². The number of nitrogens with one attached hydrogen (secondary N) is 1. The van der Waals surface area contributed by atoms with Crippen LogP contribution in [0.25, 0.3) is 5.69 Å². The highest BCUT2D eigenvalue weighted by Crippen LogP contribution is 2.20. The lowest BCUT2D eigenvalue weighted by molar-refractivity contribution is 0.0949. The first-order chi connectivity index (χ1) is 10.4. The molecule has 0 aliphatic rings. The molecule has 1 aromatic carbocycles. The number of benzene rings is 1. The van der Waals surface area contributed by atoms with E-state index >= 15 is 0 Å². The number of hydrogen-bond acceptors (Lipinski definition) is 4. The highest BCUT2D eigenvalue weighted by molar-refractivity contribution is 7.84. The minimum absolute atomic E-state index is 0.0356. The van der Waals surface area contributed by atoms with Crippen molar-refractivity contribution >= 4 is 28.3 Å². The van der Waals surface area contributed by atoms with Gasteiger partial charge >= 0.3 is 0 Å². The molecule has 0 fully saturated rings. The van der Waals surface area contributed by atoms with Gasteiger partial charge in [0, 0.05) is 28.9 Å². The van der Waals surface area contributed by atoms with Crippen LogP contribution in [0.15, 0.2) is 24.4 Å². The minimum atomic E-state index is -1.03. The van der Waals surface area contributed by atoms with Crippen molar-refractivity contribution < 1.29 is 13.4 Å². The number of carbonyl (C=O) groups excluding carboxylic acids is 1. The normalized spacial score (nSPS) is 13.6. The lowest BCUT2D eigenvalue weighted by Gasteiger charge is -2.08. The molecule has 0 aliphatic carbocycles. The van der Waals surface area contributed by atoms with E-state index in [2.05, 4.69) is 15.6 Å². The number of nitrogens with zero attached hydrogens (tertiary/aromatic N) is 3. The number of halogens is 2. The zero-order valence-corrected chi connectivity index (χ0v) is 13.5. The molecule has 0 aliphatic heterocycles. The third kappa shape index (κ3) is 3.69. The Balaban J connectivity index is 2.13. The maximum Gasteiger partial charge on any atom is 0.273 e. The minimum Gasteiger partial charge on any atom is -0.349 e. The smallest absolute Gasteiger partial charge is 0.273 e. The van der Waals surface area contributed by atoms with E-state index in [0.29, 0.717) is 0 Å². The molecule has 1 aromatic heterocycles. The van der Waals surface area contributed by atoms with Crippen molar-refractivity contribution in [2.45, 2.75) is 12.2 Å². The molecule has 6 nitrogen and oxygen atoms in total. The van der Waals surface area contributed by atoms with Crippen LogP contribution in [-0.4, -0.2) is 43.2 Å². The van der Waals surface area contributed by atoms with Crippen LogP contribution in [0, 0.1) is 5.82 Å². The molecule has 2 aromatic rings. The lowest BCUT2D eigenvalue weighted by atomic mass is 10.3. The van der Waals surface area contributed by atoms with Gasteiger partial charge in [-0.2, -0.15) is 0 Å². The Hall–Kier alpha value is -1.80. The van der Waals surface area contributed by atoms with Gasteiger partial charge in [-0.05, 0) is 19.1 Å². The van der Waals surface area contributed by atoms with Crippen molar-refractivity contribution in [1.82, 2.24) is 20.3 Å². The summed E-state index contributed by atoms with van der Waals surface area (Å²) in [7, 11) is -1.03. The van der Waals surface area contributed by atoms with Gasteiger partial charge in [-0.1, -0.05) is 22.9 Å². The van der Waals surface area contributed by atoms with Gasteiger partial charge < -0.3 is 5.32 Å². The highest BCUT2D eigenvalue weighted by Gasteiger charge is 2.16. The van der Waals surface area contributed by atoms with Crippen LogP contribution < -0.4 is 5.32 Å². The van der Waals surface area contributed by atoms with Crippen molar-refractivity contribution in [2.24, 2.45) is 0 Å². The summed E-state index contributed by atoms with van der Waals surface area (Å²) in [5.74, 6) is -1.11. The Morgan fingerprint density at radius 1 is 1.55 bits per heavy atom. The summed E-state index contributed by atoms with van der Waals surface area (Å²) in [6.45, 7) is 2.01. The molecule has 0 saturated carbocycles. The summed E-state index contributed by atoms with van der Waals surface area (Å²) < 4.78 is 26.2. The molecule has 1 heterocycles. The van der Waals surface area contributed by atoms with Crippen LogP contribution in [0.2, 0.25) is 5.02 Å². The number of rotatable bonds is 5. The number of aromatic nitrogens is 3. The first-order valence-corrected chi connectivity index (χ1v) is 8.37. The van der Waals surface area contributed by atoms with E-state index in [9.17, 15) is 13.4 Å². The predicted molar refractivity (Wildman–Crippen MR) is 82.2 cm³/mol. The van der Waals surface area contributed by atoms with Crippen molar-refractivity contribution in [2.75, 3.05) is 12.8 Å². The molecule has 1 amide bonds. The van der Waals surface area contributed by atoms with Crippen molar-refractivity contribution in [3.8, 4) is 5.69 Å². The first-order valence-electron chi connectivity index (χ1n) is 6.37. The average molecular weight is 345 g/mol. The quantitative estimate of drug-likeness (QED) is 0.893. The Morgan fingerprint density at radius 2 is 2.27 bits per heavy atom. The Bertz CT molecular complexity index is 722. The largest absolute Gasteiger partial charge is 0.349 e. The molecular formula is C13H14ClFN4O2S. The SMILES string of the molecule is C[C@@H](CNC(=O)c1cn(-c2cccc(Cl)c2F)nn1)[S@](C)=O. The third-order valence-corrected chi connectivity index (χ3v) is 4.61. The molecule has 0 radical (unpaired) electrons. The van der Waals surface area contributed by atoms with Gasteiger partial charge in [-0.3, -0.25) is 9.00 Å². The maximum absolute atomic E-state index is 13.9. The number of amides is 1. The van der Waals surface area contributed by atoms with Gasteiger partial charge in [0.05, 0.1) is 11.2 Å². The van der Waals surface area contributed by atoms with Crippen molar-refractivity contribution in [3.05, 3.63) is 40.9 Å². The second-order valence-corrected chi connectivity index (χ2v) is 6.85. The van der Waals surface area contributed by atoms with Crippen LogP contribution >= 0.6 is 11.6 Å². The molecule has 118 valence electrons. The second-order valence-electron chi connectivity index (χ2n) is 4.64. The highest BCUT2D eigenvalue weighted by atomic mass is 35.5. The fourth-order valence-electron chi connectivity index (χ4n) is 1.60. The summed E-state index contributed by atoms with van der Waals surface area (Å²) in [5, 5.41) is 9.80. The standard InChI is InChI=1S/C13H14ClFN4O2S/c1-8(22(2)21)6-16-13(20)10-7-19(18-17-10)11-5-3-4-9(14)12(11)15/h3-5,7-8H,6H2,1-2H3,(H,16,20)/t8-,22-/m0/s1. The van der Waals surface area contributed by atoms with E-state index in [1.54, 1.807) is 19.2 Å². The van der Waals surface area contributed by atoms with Crippen LogP contribution in [-0.2, 0) is 10.8 Å². The molecule has 0 saturated heterocycles. The molecule has 0 spiro atoms. The summed E-state index contributed by atoms with van der Waals surface area (Å²) in [6, 6.07) is 4.46. The Labute approximate surface area is 134 Å². The third-order valence-electron chi connectivity index (χ3n) is 3.02. The summed E-state index contributed by atoms with van der Waals surface area (Å²) in [6.07, 6.45) is 2.87. The van der Waals surface area contributed by atoms with Crippen LogP contribution in [0.3, 0.4) is 0 Å². The molecule has 2 atom stereocenters. The molecule has 2 rings (SSSR count). The van der Waals surface area contributed by atoms with E-state index < -0.39 is 22.5 Å². The van der Waals surface area contributed by atoms with Crippen LogP contribution in [0.1, 0.15) is 17.4 Å². The maximum atomic E-state index is 13.9. The molecule has 0 bridgehead atoms.